The van der Waals surface area contributed by atoms with Gasteiger partial charge in [-0.3, -0.25) is 4.79 Å². The Morgan fingerprint density at radius 1 is 0.885 bits per heavy atom. The van der Waals surface area contributed by atoms with Crippen molar-refractivity contribution < 1.29 is 43.6 Å². The SMILES string of the molecule is O=C(N1CCCC2CCCCC21)C(F)(F)S(=O)(=O)NS(=O)(=O)C(F)(F)F. The van der Waals surface area contributed by atoms with E-state index in [1.807, 2.05) is 0 Å². The molecule has 2 rings (SSSR count). The number of hydrogen-bond donors (Lipinski definition) is 1. The number of fused-ring (bicyclic) bond motifs is 1. The van der Waals surface area contributed by atoms with Crippen LogP contribution in [0.15, 0.2) is 0 Å². The van der Waals surface area contributed by atoms with Gasteiger partial charge >= 0.3 is 36.7 Å². The minimum atomic E-state index is -6.61. The molecule has 7 nitrogen and oxygen atoms in total. The summed E-state index contributed by atoms with van der Waals surface area (Å²) in [6.45, 7) is -0.170. The van der Waals surface area contributed by atoms with Gasteiger partial charge in [-0.1, -0.05) is 17.0 Å². The number of piperidine rings is 1. The number of nitrogens with one attached hydrogen (secondary N) is 1. The summed E-state index contributed by atoms with van der Waals surface area (Å²) >= 11 is 0. The largest absolute Gasteiger partial charge is 0.512 e. The van der Waals surface area contributed by atoms with Crippen LogP contribution >= 0.6 is 0 Å². The maximum absolute atomic E-state index is 14.2. The first-order chi connectivity index (χ1) is 11.7. The Labute approximate surface area is 147 Å². The van der Waals surface area contributed by atoms with Crippen LogP contribution < -0.4 is 4.13 Å². The molecule has 2 fully saturated rings. The molecule has 1 aliphatic heterocycles. The number of carbonyl (C=O) groups is 1. The van der Waals surface area contributed by atoms with Gasteiger partial charge in [0.05, 0.1) is 0 Å². The second-order valence-electron chi connectivity index (χ2n) is 6.31. The summed E-state index contributed by atoms with van der Waals surface area (Å²) in [6, 6.07) is -0.634. The Balaban J connectivity index is 2.28. The van der Waals surface area contributed by atoms with Crippen LogP contribution in [0.5, 0.6) is 0 Å². The highest BCUT2D eigenvalue weighted by molar-refractivity contribution is 8.05. The minimum absolute atomic E-state index is 0.0732. The highest BCUT2D eigenvalue weighted by Crippen LogP contribution is 2.38. The van der Waals surface area contributed by atoms with E-state index in [-0.39, 0.29) is 16.6 Å². The number of halogens is 5. The lowest BCUT2D eigenvalue weighted by Gasteiger charge is -2.44. The third-order valence-electron chi connectivity index (χ3n) is 4.61. The second kappa shape index (κ2) is 6.86. The summed E-state index contributed by atoms with van der Waals surface area (Å²) in [6.07, 6.45) is 3.55. The molecule has 1 saturated carbocycles. The van der Waals surface area contributed by atoms with Gasteiger partial charge < -0.3 is 4.90 Å². The summed E-state index contributed by atoms with van der Waals surface area (Å²) in [4.78, 5) is 12.8. The monoisotopic (exact) mass is 428 g/mol. The molecule has 1 heterocycles. The molecule has 0 spiro atoms. The van der Waals surface area contributed by atoms with Crippen LogP contribution in [-0.4, -0.2) is 51.0 Å². The van der Waals surface area contributed by atoms with E-state index in [2.05, 4.69) is 0 Å². The lowest BCUT2D eigenvalue weighted by Crippen LogP contribution is -2.59. The van der Waals surface area contributed by atoms with Gasteiger partial charge in [-0.05, 0) is 31.6 Å². The van der Waals surface area contributed by atoms with Gasteiger partial charge in [0.25, 0.3) is 0 Å². The Morgan fingerprint density at radius 2 is 1.42 bits per heavy atom. The van der Waals surface area contributed by atoms with Crippen molar-refractivity contribution in [2.45, 2.75) is 55.3 Å². The lowest BCUT2D eigenvalue weighted by molar-refractivity contribution is -0.153. The molecule has 2 aliphatic rings. The maximum atomic E-state index is 14.2. The third-order valence-corrected chi connectivity index (χ3v) is 7.83. The Bertz CT molecular complexity index is 763. The Morgan fingerprint density at radius 3 is 2.00 bits per heavy atom. The van der Waals surface area contributed by atoms with Crippen LogP contribution in [0.3, 0.4) is 0 Å². The van der Waals surface area contributed by atoms with Crippen molar-refractivity contribution in [1.82, 2.24) is 9.03 Å². The van der Waals surface area contributed by atoms with Gasteiger partial charge in [0.1, 0.15) is 0 Å². The summed E-state index contributed by atoms with van der Waals surface area (Å²) < 4.78 is 110. The molecule has 26 heavy (non-hydrogen) atoms. The third kappa shape index (κ3) is 3.81. The topological polar surface area (TPSA) is 101 Å². The highest BCUT2D eigenvalue weighted by Gasteiger charge is 2.60. The van der Waals surface area contributed by atoms with Crippen molar-refractivity contribution in [2.24, 2.45) is 5.92 Å². The van der Waals surface area contributed by atoms with Crippen LogP contribution in [0.25, 0.3) is 0 Å². The minimum Gasteiger partial charge on any atom is -0.333 e. The number of likely N-dealkylation sites (tertiary alicyclic amines) is 1. The van der Waals surface area contributed by atoms with Crippen molar-refractivity contribution in [3.05, 3.63) is 0 Å². The first-order valence-corrected chi connectivity index (χ1v) is 10.7. The Kier molecular flexibility index (Phi) is 5.61. The van der Waals surface area contributed by atoms with E-state index in [4.69, 9.17) is 0 Å². The van der Waals surface area contributed by atoms with E-state index in [0.717, 1.165) is 6.42 Å². The van der Waals surface area contributed by atoms with Crippen LogP contribution in [0, 0.1) is 5.92 Å². The van der Waals surface area contributed by atoms with E-state index in [0.29, 0.717) is 37.0 Å². The van der Waals surface area contributed by atoms with Gasteiger partial charge in [-0.15, -0.1) is 0 Å². The van der Waals surface area contributed by atoms with E-state index in [1.54, 1.807) is 0 Å². The second-order valence-corrected chi connectivity index (χ2v) is 9.96. The van der Waals surface area contributed by atoms with Gasteiger partial charge in [-0.2, -0.15) is 22.0 Å². The highest BCUT2D eigenvalue weighted by atomic mass is 32.3. The van der Waals surface area contributed by atoms with Crippen LogP contribution in [-0.2, 0) is 24.8 Å². The molecule has 1 amide bonds. The van der Waals surface area contributed by atoms with Gasteiger partial charge in [0.2, 0.25) is 0 Å². The summed E-state index contributed by atoms with van der Waals surface area (Å²) in [7, 11) is -13.1. The molecule has 2 unspecified atom stereocenters. The molecule has 2 atom stereocenters. The normalized spacial score (nSPS) is 25.7. The van der Waals surface area contributed by atoms with E-state index in [9.17, 15) is 43.6 Å². The molecule has 1 saturated heterocycles. The smallest absolute Gasteiger partial charge is 0.333 e. The van der Waals surface area contributed by atoms with E-state index < -0.39 is 42.8 Å². The molecule has 0 aromatic carbocycles. The molecular formula is C12H17F5N2O5S2. The van der Waals surface area contributed by atoms with Crippen LogP contribution in [0.2, 0.25) is 0 Å². The number of carbonyl (C=O) groups excluding carboxylic acids is 1. The predicted octanol–water partition coefficient (Wildman–Crippen LogP) is 1.53. The predicted molar refractivity (Wildman–Crippen MR) is 78.7 cm³/mol. The summed E-state index contributed by atoms with van der Waals surface area (Å²) in [5.41, 5.74) is -6.13. The zero-order chi connectivity index (χ0) is 20.0. The first kappa shape index (κ1) is 21.3. The zero-order valence-electron chi connectivity index (χ0n) is 13.3. The van der Waals surface area contributed by atoms with Gasteiger partial charge in [0.15, 0.2) is 0 Å². The summed E-state index contributed by atoms with van der Waals surface area (Å²) in [5.74, 6) is -2.30. The molecule has 14 heteroatoms. The number of nitrogens with zero attached hydrogens (tertiary/aromatic N) is 1. The lowest BCUT2D eigenvalue weighted by atomic mass is 9.78. The fraction of sp³-hybridized carbons (Fsp3) is 0.917. The maximum Gasteiger partial charge on any atom is 0.512 e. The van der Waals surface area contributed by atoms with E-state index >= 15 is 0 Å². The molecule has 0 radical (unpaired) electrons. The quantitative estimate of drug-likeness (QED) is 0.685. The van der Waals surface area contributed by atoms with E-state index in [1.165, 1.54) is 0 Å². The van der Waals surface area contributed by atoms with Gasteiger partial charge in [-0.25, -0.2) is 16.8 Å². The van der Waals surface area contributed by atoms with Crippen molar-refractivity contribution in [2.75, 3.05) is 6.54 Å². The zero-order valence-corrected chi connectivity index (χ0v) is 14.9. The molecule has 1 N–H and O–H groups in total. The number of rotatable bonds is 4. The van der Waals surface area contributed by atoms with Crippen molar-refractivity contribution >= 4 is 26.0 Å². The molecule has 1 aliphatic carbocycles. The van der Waals surface area contributed by atoms with Crippen molar-refractivity contribution in [3.8, 4) is 0 Å². The van der Waals surface area contributed by atoms with Crippen LogP contribution in [0.1, 0.15) is 38.5 Å². The van der Waals surface area contributed by atoms with Crippen LogP contribution in [0.4, 0.5) is 22.0 Å². The fourth-order valence-corrected chi connectivity index (χ4v) is 5.70. The molecule has 152 valence electrons. The number of alkyl halides is 5. The number of amides is 1. The van der Waals surface area contributed by atoms with Crippen molar-refractivity contribution in [3.63, 3.8) is 0 Å². The fourth-order valence-electron chi connectivity index (χ4n) is 3.40. The van der Waals surface area contributed by atoms with Crippen molar-refractivity contribution in [1.29, 1.82) is 0 Å². The van der Waals surface area contributed by atoms with Gasteiger partial charge in [0, 0.05) is 12.6 Å². The average Bonchev–Trinajstić information content (AvgIpc) is 2.51. The molecular weight excluding hydrogens is 411 g/mol. The first-order valence-electron chi connectivity index (χ1n) is 7.74. The number of hydrogen-bond acceptors (Lipinski definition) is 5. The molecule has 0 aromatic rings. The average molecular weight is 428 g/mol. The Hall–Kier alpha value is -1.02. The summed E-state index contributed by atoms with van der Waals surface area (Å²) in [5, 5.41) is -5.36. The number of sulfonamides is 2. The molecule has 0 bridgehead atoms. The standard InChI is InChI=1S/C12H17F5N2O5S2/c13-11(14,25(21,22)18-26(23,24)12(15,16)17)10(20)19-7-3-5-8-4-1-2-6-9(8)19/h8-9,18H,1-7H2. The molecule has 0 aromatic heterocycles.